The minimum Gasteiger partial charge on any atom is -0.465 e. The largest absolute Gasteiger partial charge is 0.465 e. The van der Waals surface area contributed by atoms with Crippen molar-refractivity contribution in [2.24, 2.45) is 50.2 Å². The topological polar surface area (TPSA) is 125 Å². The molecule has 0 aromatic rings. The summed E-state index contributed by atoms with van der Waals surface area (Å²) < 4.78 is 23.4. The van der Waals surface area contributed by atoms with Gasteiger partial charge in [0, 0.05) is 33.1 Å². The predicted molar refractivity (Wildman–Crippen MR) is 175 cm³/mol. The fraction of sp³-hybridized carbons (Fsp3) is 0.842. The second-order valence-corrected chi connectivity index (χ2v) is 17.6. The van der Waals surface area contributed by atoms with Crippen molar-refractivity contribution < 1.29 is 43.2 Å². The number of aliphatic hydroxyl groups excluding tert-OH is 1. The van der Waals surface area contributed by atoms with Crippen LogP contribution in [0.2, 0.25) is 0 Å². The number of aliphatic hydroxyl groups is 1. The highest BCUT2D eigenvalue weighted by atomic mass is 16.6. The van der Waals surface area contributed by atoms with E-state index in [1.165, 1.54) is 33.3 Å². The normalized spacial score (nSPS) is 45.0. The maximum Gasteiger partial charge on any atom is 0.302 e. The van der Waals surface area contributed by atoms with E-state index in [1.54, 1.807) is 0 Å². The first-order valence-corrected chi connectivity index (χ1v) is 17.7. The van der Waals surface area contributed by atoms with Gasteiger partial charge in [0.15, 0.2) is 0 Å². The van der Waals surface area contributed by atoms with Gasteiger partial charge < -0.3 is 24.1 Å². The lowest BCUT2D eigenvalue weighted by atomic mass is 9.33. The van der Waals surface area contributed by atoms with Crippen LogP contribution in [0, 0.1) is 50.2 Å². The smallest absolute Gasteiger partial charge is 0.302 e. The first-order chi connectivity index (χ1) is 21.7. The molecule has 0 unspecified atom stereocenters. The number of esters is 4. The zero-order valence-electron chi connectivity index (χ0n) is 30.3. The molecule has 0 saturated heterocycles. The molecule has 9 heteroatoms. The highest BCUT2D eigenvalue weighted by molar-refractivity contribution is 5.67. The van der Waals surface area contributed by atoms with E-state index in [0.29, 0.717) is 19.3 Å². The third-order valence-corrected chi connectivity index (χ3v) is 14.3. The molecule has 0 aromatic heterocycles. The van der Waals surface area contributed by atoms with Gasteiger partial charge in [-0.15, -0.1) is 0 Å². The summed E-state index contributed by atoms with van der Waals surface area (Å²) >= 11 is 0. The second-order valence-electron chi connectivity index (χ2n) is 17.6. The summed E-state index contributed by atoms with van der Waals surface area (Å²) in [6, 6.07) is 0. The van der Waals surface area contributed by atoms with Gasteiger partial charge in [0.1, 0.15) is 25.4 Å². The molecular formula is C38H58O9. The van der Waals surface area contributed by atoms with Crippen molar-refractivity contribution >= 4 is 23.9 Å². The lowest BCUT2D eigenvalue weighted by Crippen LogP contribution is -2.70. The number of fused-ring (bicyclic) bond motifs is 7. The fourth-order valence-electron chi connectivity index (χ4n) is 12.1. The predicted octanol–water partition coefficient (Wildman–Crippen LogP) is 6.34. The second kappa shape index (κ2) is 11.9. The van der Waals surface area contributed by atoms with Gasteiger partial charge in [0.05, 0.1) is 11.5 Å². The van der Waals surface area contributed by atoms with Crippen molar-refractivity contribution in [3.63, 3.8) is 0 Å². The van der Waals surface area contributed by atoms with E-state index in [0.717, 1.165) is 32.1 Å². The molecule has 5 aliphatic carbocycles. The molecule has 0 spiro atoms. The average molecular weight is 659 g/mol. The average Bonchev–Trinajstić information content (AvgIpc) is 2.92. The summed E-state index contributed by atoms with van der Waals surface area (Å²) in [5.74, 6) is -1.18. The molecule has 5 rings (SSSR count). The Hall–Kier alpha value is -2.42. The number of rotatable bonds is 6. The van der Waals surface area contributed by atoms with Crippen LogP contribution in [-0.4, -0.2) is 60.5 Å². The van der Waals surface area contributed by atoms with Gasteiger partial charge in [0.2, 0.25) is 0 Å². The Bertz CT molecular complexity index is 1340. The summed E-state index contributed by atoms with van der Waals surface area (Å²) in [4.78, 5) is 49.0. The van der Waals surface area contributed by atoms with E-state index >= 15 is 0 Å². The molecule has 0 radical (unpaired) electrons. The van der Waals surface area contributed by atoms with Gasteiger partial charge >= 0.3 is 23.9 Å². The van der Waals surface area contributed by atoms with Crippen molar-refractivity contribution in [2.45, 2.75) is 139 Å². The first-order valence-electron chi connectivity index (χ1n) is 17.7. The molecule has 9 nitrogen and oxygen atoms in total. The highest BCUT2D eigenvalue weighted by Crippen LogP contribution is 2.76. The molecule has 11 atom stereocenters. The molecule has 1 N–H and O–H groups in total. The lowest BCUT2D eigenvalue weighted by Gasteiger charge is -2.72. The van der Waals surface area contributed by atoms with Crippen LogP contribution in [0.15, 0.2) is 11.6 Å². The monoisotopic (exact) mass is 658 g/mol. The molecule has 0 aromatic carbocycles. The Balaban J connectivity index is 1.60. The summed E-state index contributed by atoms with van der Waals surface area (Å²) in [5, 5.41) is 12.4. The van der Waals surface area contributed by atoms with Crippen LogP contribution in [0.25, 0.3) is 0 Å². The van der Waals surface area contributed by atoms with E-state index in [2.05, 4.69) is 47.6 Å². The Kier molecular flexibility index (Phi) is 9.06. The van der Waals surface area contributed by atoms with Crippen molar-refractivity contribution in [3.8, 4) is 0 Å². The Morgan fingerprint density at radius 3 is 1.94 bits per heavy atom. The molecule has 0 bridgehead atoms. The quantitative estimate of drug-likeness (QED) is 0.198. The molecule has 0 aliphatic heterocycles. The van der Waals surface area contributed by atoms with Crippen LogP contribution in [0.5, 0.6) is 0 Å². The van der Waals surface area contributed by atoms with Gasteiger partial charge in [-0.25, -0.2) is 0 Å². The molecule has 0 amide bonds. The summed E-state index contributed by atoms with van der Waals surface area (Å²) in [6.07, 6.45) is 6.69. The molecule has 4 fully saturated rings. The van der Waals surface area contributed by atoms with Gasteiger partial charge in [0.25, 0.3) is 0 Å². The van der Waals surface area contributed by atoms with E-state index < -0.39 is 35.0 Å². The van der Waals surface area contributed by atoms with Crippen molar-refractivity contribution in [2.75, 3.05) is 13.2 Å². The summed E-state index contributed by atoms with van der Waals surface area (Å²) in [5.41, 5.74) is -1.00. The molecule has 264 valence electrons. The summed E-state index contributed by atoms with van der Waals surface area (Å²) in [7, 11) is 0. The van der Waals surface area contributed by atoms with E-state index in [9.17, 15) is 24.3 Å². The van der Waals surface area contributed by atoms with Gasteiger partial charge in [-0.2, -0.15) is 0 Å². The van der Waals surface area contributed by atoms with Crippen molar-refractivity contribution in [3.05, 3.63) is 11.6 Å². The van der Waals surface area contributed by atoms with Crippen LogP contribution < -0.4 is 0 Å². The van der Waals surface area contributed by atoms with E-state index in [1.807, 2.05) is 0 Å². The van der Waals surface area contributed by atoms with Crippen molar-refractivity contribution in [1.82, 2.24) is 0 Å². The number of carbonyl (C=O) groups excluding carboxylic acids is 4. The van der Waals surface area contributed by atoms with Crippen molar-refractivity contribution in [1.29, 1.82) is 0 Å². The molecule has 47 heavy (non-hydrogen) atoms. The van der Waals surface area contributed by atoms with E-state index in [-0.39, 0.29) is 70.7 Å². The highest BCUT2D eigenvalue weighted by Gasteiger charge is 2.72. The zero-order chi connectivity index (χ0) is 35.0. The Morgan fingerprint density at radius 2 is 1.34 bits per heavy atom. The molecule has 0 heterocycles. The van der Waals surface area contributed by atoms with Crippen LogP contribution >= 0.6 is 0 Å². The van der Waals surface area contributed by atoms with Gasteiger partial charge in [-0.05, 0) is 90.8 Å². The molecular weight excluding hydrogens is 600 g/mol. The van der Waals surface area contributed by atoms with Crippen LogP contribution in [0.3, 0.4) is 0 Å². The SMILES string of the molecule is CC(=O)OC[C@]1(C)[C@@H]2CC[C@]3(C)[C@H](CC=C4[C@@H]5CC(C)(C)C[C@@H](OC(C)=O)[C@]5(COC(C)=O)[C@H](O)C[C@]43C)[C@@]2(C)CC[C@@H]1OC(C)=O. The number of allylic oxidation sites excluding steroid dienone is 2. The number of hydrogen-bond donors (Lipinski definition) is 1. The first kappa shape index (κ1) is 35.9. The minimum absolute atomic E-state index is 0.00157. The standard InChI is InChI=1S/C38H58O9/c1-22(39)44-20-35(8)28-13-16-36(9)29(34(28,7)15-14-31(35)46-24(3)41)12-11-26-27-17-33(5,6)19-32(47-25(4)42)38(27,21-45-23(2)40)30(43)18-37(26,36)10/h11,27-32,43H,12-21H2,1-10H3/t27-,28+,29+,30+,31-,32+,34-,35+,36+,37+,38-/m0/s1. The lowest BCUT2D eigenvalue weighted by molar-refractivity contribution is -0.247. The molecule has 4 saturated carbocycles. The minimum atomic E-state index is -0.937. The van der Waals surface area contributed by atoms with Crippen LogP contribution in [0.1, 0.15) is 121 Å². The Labute approximate surface area is 280 Å². The van der Waals surface area contributed by atoms with Gasteiger partial charge in [-0.1, -0.05) is 53.2 Å². The number of ether oxygens (including phenoxy) is 4. The van der Waals surface area contributed by atoms with E-state index in [4.69, 9.17) is 18.9 Å². The van der Waals surface area contributed by atoms with Crippen LogP contribution in [0.4, 0.5) is 0 Å². The molecule has 5 aliphatic rings. The van der Waals surface area contributed by atoms with Gasteiger partial charge in [-0.3, -0.25) is 19.2 Å². The number of hydrogen-bond acceptors (Lipinski definition) is 9. The maximum absolute atomic E-state index is 12.5. The zero-order valence-corrected chi connectivity index (χ0v) is 30.3. The fourth-order valence-corrected chi connectivity index (χ4v) is 12.1. The third kappa shape index (κ3) is 5.54. The number of carbonyl (C=O) groups is 4. The third-order valence-electron chi connectivity index (χ3n) is 14.3. The maximum atomic E-state index is 12.5. The Morgan fingerprint density at radius 1 is 0.745 bits per heavy atom. The summed E-state index contributed by atoms with van der Waals surface area (Å²) in [6.45, 7) is 19.5. The van der Waals surface area contributed by atoms with Crippen LogP contribution in [-0.2, 0) is 38.1 Å².